The average Bonchev–Trinajstić information content (AvgIpc) is 2.77. The van der Waals surface area contributed by atoms with Gasteiger partial charge < -0.3 is 14.9 Å². The molecular formula is C23H26N4S. The van der Waals surface area contributed by atoms with Crippen molar-refractivity contribution < 1.29 is 0 Å². The Morgan fingerprint density at radius 1 is 1.00 bits per heavy atom. The average molecular weight is 391 g/mol. The van der Waals surface area contributed by atoms with Gasteiger partial charge in [-0.15, -0.1) is 0 Å². The van der Waals surface area contributed by atoms with Gasteiger partial charge in [-0.05, 0) is 61.1 Å². The molecule has 0 radical (unpaired) electrons. The van der Waals surface area contributed by atoms with Crippen LogP contribution in [0.1, 0.15) is 24.8 Å². The summed E-state index contributed by atoms with van der Waals surface area (Å²) in [5.74, 6) is 0. The van der Waals surface area contributed by atoms with Gasteiger partial charge in [-0.3, -0.25) is 4.98 Å². The predicted molar refractivity (Wildman–Crippen MR) is 119 cm³/mol. The number of fused-ring (bicyclic) bond motifs is 5. The normalized spacial score (nSPS) is 16.4. The highest BCUT2D eigenvalue weighted by Crippen LogP contribution is 2.44. The lowest BCUT2D eigenvalue weighted by Gasteiger charge is -2.26. The number of aromatic nitrogens is 1. The molecule has 1 fully saturated rings. The summed E-state index contributed by atoms with van der Waals surface area (Å²) in [6.45, 7) is 5.59. The summed E-state index contributed by atoms with van der Waals surface area (Å²) >= 11 is 1.68. The number of likely N-dealkylation sites (tertiary alicyclic amines) is 1. The molecule has 0 spiro atoms. The van der Waals surface area contributed by atoms with Gasteiger partial charge >= 0.3 is 0 Å². The van der Waals surface area contributed by atoms with Crippen molar-refractivity contribution in [2.45, 2.75) is 30.7 Å². The molecule has 3 aromatic rings. The minimum atomic E-state index is 0.884. The Balaban J connectivity index is 1.35. The van der Waals surface area contributed by atoms with E-state index in [2.05, 4.69) is 57.4 Å². The van der Waals surface area contributed by atoms with Gasteiger partial charge in [0.2, 0.25) is 0 Å². The lowest BCUT2D eigenvalue weighted by Crippen LogP contribution is -2.35. The molecule has 5 heteroatoms. The van der Waals surface area contributed by atoms with Crippen LogP contribution in [-0.2, 0) is 6.54 Å². The van der Waals surface area contributed by atoms with E-state index in [0.29, 0.717) is 0 Å². The first-order valence-corrected chi connectivity index (χ1v) is 11.1. The van der Waals surface area contributed by atoms with E-state index >= 15 is 0 Å². The maximum Gasteiger partial charge on any atom is 0.0951 e. The second kappa shape index (κ2) is 8.11. The minimum Gasteiger partial charge on any atom is -0.323 e. The summed E-state index contributed by atoms with van der Waals surface area (Å²) in [6.07, 6.45) is 6.05. The fraction of sp³-hybridized carbons (Fsp3) is 0.348. The van der Waals surface area contributed by atoms with Crippen LogP contribution >= 0.6 is 11.9 Å². The summed E-state index contributed by atoms with van der Waals surface area (Å²) in [5.41, 5.74) is 6.04. The highest BCUT2D eigenvalue weighted by Gasteiger charge is 2.19. The van der Waals surface area contributed by atoms with Gasteiger partial charge in [0.25, 0.3) is 0 Å². The third-order valence-electron chi connectivity index (χ3n) is 5.81. The van der Waals surface area contributed by atoms with Crippen LogP contribution in [0.4, 0.5) is 5.69 Å². The van der Waals surface area contributed by atoms with E-state index in [4.69, 9.17) is 4.98 Å². The summed E-state index contributed by atoms with van der Waals surface area (Å²) in [5, 5.41) is 4.88. The van der Waals surface area contributed by atoms with Gasteiger partial charge in [0.05, 0.1) is 11.2 Å². The van der Waals surface area contributed by atoms with Crippen molar-refractivity contribution in [1.29, 1.82) is 0 Å². The smallest absolute Gasteiger partial charge is 0.0951 e. The first kappa shape index (κ1) is 18.0. The molecule has 0 aliphatic carbocycles. The van der Waals surface area contributed by atoms with Crippen molar-refractivity contribution in [1.82, 2.24) is 15.2 Å². The molecule has 2 aliphatic heterocycles. The van der Waals surface area contributed by atoms with Gasteiger partial charge in [0.15, 0.2) is 0 Å². The Morgan fingerprint density at radius 3 is 2.82 bits per heavy atom. The topological polar surface area (TPSA) is 40.2 Å². The number of benzene rings is 2. The van der Waals surface area contributed by atoms with Gasteiger partial charge in [0, 0.05) is 41.7 Å². The minimum absolute atomic E-state index is 0.884. The van der Waals surface area contributed by atoms with Crippen LogP contribution in [0.15, 0.2) is 53.6 Å². The zero-order chi connectivity index (χ0) is 18.8. The Kier molecular flexibility index (Phi) is 5.21. The summed E-state index contributed by atoms with van der Waals surface area (Å²) in [4.78, 5) is 8.57. The molecule has 5 rings (SSSR count). The molecule has 0 bridgehead atoms. The molecule has 1 aromatic heterocycles. The maximum absolute atomic E-state index is 4.72. The lowest BCUT2D eigenvalue weighted by atomic mass is 9.99. The van der Waals surface area contributed by atoms with E-state index in [9.17, 15) is 0 Å². The molecule has 2 aliphatic rings. The Hall–Kier alpha value is -2.08. The fourth-order valence-corrected chi connectivity index (χ4v) is 5.14. The molecular weight excluding hydrogens is 364 g/mol. The molecule has 0 amide bonds. The van der Waals surface area contributed by atoms with Gasteiger partial charge in [-0.2, -0.15) is 0 Å². The second-order valence-corrected chi connectivity index (χ2v) is 8.48. The van der Waals surface area contributed by atoms with Crippen molar-refractivity contribution in [2.24, 2.45) is 0 Å². The molecule has 2 aromatic carbocycles. The Morgan fingerprint density at radius 2 is 1.89 bits per heavy atom. The number of anilines is 1. The van der Waals surface area contributed by atoms with Crippen molar-refractivity contribution in [2.75, 3.05) is 30.9 Å². The summed E-state index contributed by atoms with van der Waals surface area (Å²) < 4.78 is 3.53. The maximum atomic E-state index is 4.72. The number of hydrogen-bond donors (Lipinski definition) is 2. The van der Waals surface area contributed by atoms with Crippen molar-refractivity contribution >= 4 is 28.5 Å². The van der Waals surface area contributed by atoms with Crippen LogP contribution in [0.5, 0.6) is 0 Å². The zero-order valence-corrected chi connectivity index (χ0v) is 16.9. The van der Waals surface area contributed by atoms with Crippen LogP contribution in [-0.4, -0.2) is 36.1 Å². The van der Waals surface area contributed by atoms with Crippen LogP contribution in [0.2, 0.25) is 0 Å². The van der Waals surface area contributed by atoms with E-state index < -0.39 is 0 Å². The van der Waals surface area contributed by atoms with Gasteiger partial charge in [0.1, 0.15) is 0 Å². The molecule has 28 heavy (non-hydrogen) atoms. The van der Waals surface area contributed by atoms with E-state index in [1.54, 1.807) is 11.9 Å². The van der Waals surface area contributed by atoms with Crippen molar-refractivity contribution in [3.8, 4) is 11.1 Å². The first-order valence-electron chi connectivity index (χ1n) is 10.3. The van der Waals surface area contributed by atoms with Crippen LogP contribution in [0.3, 0.4) is 0 Å². The lowest BCUT2D eigenvalue weighted by molar-refractivity contribution is 0.229. The zero-order valence-electron chi connectivity index (χ0n) is 16.1. The SMILES string of the molecule is c1ccc2c(c1)SNc1c-2ccc2c(CNCCN3CCCCC3)ccnc12. The summed E-state index contributed by atoms with van der Waals surface area (Å²) in [6, 6.07) is 15.2. The van der Waals surface area contributed by atoms with E-state index in [1.807, 2.05) is 6.20 Å². The molecule has 0 saturated carbocycles. The quantitative estimate of drug-likeness (QED) is 0.478. The number of nitrogens with zero attached hydrogens (tertiary/aromatic N) is 2. The predicted octanol–water partition coefficient (Wildman–Crippen LogP) is 4.91. The molecule has 0 atom stereocenters. The van der Waals surface area contributed by atoms with Crippen LogP contribution < -0.4 is 10.0 Å². The monoisotopic (exact) mass is 390 g/mol. The molecule has 4 nitrogen and oxygen atoms in total. The summed E-state index contributed by atoms with van der Waals surface area (Å²) in [7, 11) is 0. The number of pyridine rings is 1. The third-order valence-corrected chi connectivity index (χ3v) is 6.69. The van der Waals surface area contributed by atoms with E-state index in [-0.39, 0.29) is 0 Å². The van der Waals surface area contributed by atoms with E-state index in [0.717, 1.165) is 30.8 Å². The van der Waals surface area contributed by atoms with Crippen LogP contribution in [0.25, 0.3) is 22.0 Å². The second-order valence-electron chi connectivity index (χ2n) is 7.63. The fourth-order valence-electron chi connectivity index (χ4n) is 4.29. The van der Waals surface area contributed by atoms with E-state index in [1.165, 1.54) is 59.3 Å². The standard InChI is InChI=1S/C23H26N4S/c1-4-13-27(14-5-1)15-12-24-16-17-10-11-25-22-18(17)8-9-20-19-6-2-3-7-21(19)28-26-23(20)22/h2-3,6-11,24,26H,1,4-5,12-16H2. The molecule has 2 N–H and O–H groups in total. The molecule has 3 heterocycles. The highest BCUT2D eigenvalue weighted by atomic mass is 32.2. The number of nitrogens with one attached hydrogen (secondary N) is 2. The van der Waals surface area contributed by atoms with Crippen LogP contribution in [0, 0.1) is 0 Å². The molecule has 144 valence electrons. The largest absolute Gasteiger partial charge is 0.323 e. The number of hydrogen-bond acceptors (Lipinski definition) is 5. The number of rotatable bonds is 5. The number of piperidine rings is 1. The van der Waals surface area contributed by atoms with Crippen molar-refractivity contribution in [3.05, 3.63) is 54.2 Å². The first-order chi connectivity index (χ1) is 13.9. The molecule has 1 saturated heterocycles. The third kappa shape index (κ3) is 3.50. The van der Waals surface area contributed by atoms with Gasteiger partial charge in [-0.25, -0.2) is 0 Å². The van der Waals surface area contributed by atoms with Crippen molar-refractivity contribution in [3.63, 3.8) is 0 Å². The Bertz CT molecular complexity index is 981. The molecule has 0 unspecified atom stereocenters. The van der Waals surface area contributed by atoms with Gasteiger partial charge in [-0.1, -0.05) is 36.8 Å². The highest BCUT2D eigenvalue weighted by molar-refractivity contribution is 8.00. The Labute approximate surface area is 170 Å².